The third-order valence-electron chi connectivity index (χ3n) is 4.40. The highest BCUT2D eigenvalue weighted by atomic mass is 35.5. The van der Waals surface area contributed by atoms with E-state index in [4.69, 9.17) is 9.47 Å². The van der Waals surface area contributed by atoms with E-state index < -0.39 is 5.60 Å². The highest BCUT2D eigenvalue weighted by Gasteiger charge is 2.42. The molecule has 1 aromatic carbocycles. The van der Waals surface area contributed by atoms with E-state index in [9.17, 15) is 4.79 Å². The number of halogens is 1. The first-order valence-electron chi connectivity index (χ1n) is 8.63. The first kappa shape index (κ1) is 21.5. The van der Waals surface area contributed by atoms with Gasteiger partial charge >= 0.3 is 5.97 Å². The lowest BCUT2D eigenvalue weighted by Crippen LogP contribution is -2.52. The zero-order valence-electron chi connectivity index (χ0n) is 15.3. The van der Waals surface area contributed by atoms with Gasteiger partial charge < -0.3 is 14.4 Å². The first-order chi connectivity index (χ1) is 11.6. The summed E-state index contributed by atoms with van der Waals surface area (Å²) in [7, 11) is 0. The van der Waals surface area contributed by atoms with Crippen LogP contribution in [0.1, 0.15) is 32.8 Å². The van der Waals surface area contributed by atoms with Gasteiger partial charge in [-0.15, -0.1) is 12.4 Å². The lowest BCUT2D eigenvalue weighted by atomic mass is 9.82. The van der Waals surface area contributed by atoms with Crippen LogP contribution in [0.4, 0.5) is 0 Å². The fraction of sp³-hybridized carbons (Fsp3) is 0.550. The van der Waals surface area contributed by atoms with Gasteiger partial charge in [0.05, 0.1) is 6.61 Å². The number of carbonyl (C=O) groups is 1. The summed E-state index contributed by atoms with van der Waals surface area (Å²) in [5.41, 5.74) is 0.235. The number of hydrogen-bond acceptors (Lipinski definition) is 4. The summed E-state index contributed by atoms with van der Waals surface area (Å²) < 4.78 is 11.2. The third kappa shape index (κ3) is 6.36. The van der Waals surface area contributed by atoms with Crippen LogP contribution in [0, 0.1) is 17.8 Å². The van der Waals surface area contributed by atoms with Gasteiger partial charge in [0, 0.05) is 51.1 Å². The Morgan fingerprint density at radius 2 is 2.08 bits per heavy atom. The Morgan fingerprint density at radius 3 is 2.68 bits per heavy atom. The monoisotopic (exact) mass is 365 g/mol. The molecule has 2 rings (SSSR count). The molecule has 1 aromatic rings. The Hall–Kier alpha value is -1.54. The Morgan fingerprint density at radius 1 is 1.36 bits per heavy atom. The van der Waals surface area contributed by atoms with Crippen LogP contribution in [0.3, 0.4) is 0 Å². The predicted octanol–water partition coefficient (Wildman–Crippen LogP) is 3.14. The molecule has 0 saturated carbocycles. The Kier molecular flexibility index (Phi) is 8.99. The maximum Gasteiger partial charge on any atom is 0.304 e. The molecular weight excluding hydrogens is 338 g/mol. The quantitative estimate of drug-likeness (QED) is 0.456. The minimum Gasteiger partial charge on any atom is -0.446 e. The van der Waals surface area contributed by atoms with Crippen LogP contribution < -0.4 is 0 Å². The summed E-state index contributed by atoms with van der Waals surface area (Å²) in [5, 5.41) is 0. The molecule has 1 fully saturated rings. The number of rotatable bonds is 5. The van der Waals surface area contributed by atoms with Gasteiger partial charge in [0.2, 0.25) is 0 Å². The topological polar surface area (TPSA) is 38.8 Å². The van der Waals surface area contributed by atoms with Crippen molar-refractivity contribution in [3.8, 4) is 11.8 Å². The first-order valence-corrected chi connectivity index (χ1v) is 8.63. The van der Waals surface area contributed by atoms with Crippen LogP contribution in [-0.2, 0) is 14.3 Å². The number of benzene rings is 1. The maximum atomic E-state index is 11.6. The summed E-state index contributed by atoms with van der Waals surface area (Å²) in [6.45, 7) is 9.65. The van der Waals surface area contributed by atoms with E-state index in [1.54, 1.807) is 0 Å². The molecule has 2 atom stereocenters. The number of piperidine rings is 1. The number of likely N-dealkylation sites (tertiary alicyclic amines) is 1. The van der Waals surface area contributed by atoms with Crippen molar-refractivity contribution >= 4 is 18.4 Å². The molecule has 0 amide bonds. The molecular formula is C20H28ClNO3. The van der Waals surface area contributed by atoms with Gasteiger partial charge in [0.25, 0.3) is 0 Å². The highest BCUT2D eigenvalue weighted by molar-refractivity contribution is 5.85. The number of nitrogens with zero attached hydrogens (tertiary/aromatic N) is 1. The van der Waals surface area contributed by atoms with Crippen molar-refractivity contribution in [3.05, 3.63) is 35.9 Å². The average Bonchev–Trinajstić information content (AvgIpc) is 2.57. The molecule has 1 aliphatic heterocycles. The van der Waals surface area contributed by atoms with Crippen LogP contribution in [0.15, 0.2) is 30.3 Å². The number of ether oxygens (including phenoxy) is 2. The van der Waals surface area contributed by atoms with Crippen LogP contribution in [0.5, 0.6) is 0 Å². The largest absolute Gasteiger partial charge is 0.446 e. The zero-order chi connectivity index (χ0) is 17.4. The molecule has 0 radical (unpaired) electrons. The predicted molar refractivity (Wildman–Crippen MR) is 102 cm³/mol. The standard InChI is InChI=1S/C20H27NO3.ClH/c1-4-23-15-14-21-13-12-20(17(2)16-21,24-18(3)22)11-10-19-8-6-5-7-9-19;/h5-9,17H,4,12-16H2,1-3H3;1H/t17-,20+;/m0./s1. The molecule has 0 aliphatic carbocycles. The normalized spacial score (nSPS) is 23.1. The second-order valence-electron chi connectivity index (χ2n) is 6.25. The lowest BCUT2D eigenvalue weighted by molar-refractivity contribution is -0.160. The van der Waals surface area contributed by atoms with Crippen molar-refractivity contribution in [2.45, 2.75) is 32.8 Å². The molecule has 1 heterocycles. The number of esters is 1. The van der Waals surface area contributed by atoms with Crippen molar-refractivity contribution in [1.82, 2.24) is 4.90 Å². The van der Waals surface area contributed by atoms with Gasteiger partial charge in [-0.3, -0.25) is 4.79 Å². The molecule has 0 N–H and O–H groups in total. The molecule has 1 aliphatic rings. The Balaban J connectivity index is 0.00000312. The minimum absolute atomic E-state index is 0. The molecule has 0 spiro atoms. The highest BCUT2D eigenvalue weighted by Crippen LogP contribution is 2.31. The summed E-state index contributed by atoms with van der Waals surface area (Å²) in [5.74, 6) is 6.33. The molecule has 1 saturated heterocycles. The maximum absolute atomic E-state index is 11.6. The fourth-order valence-electron chi connectivity index (χ4n) is 3.06. The second-order valence-corrected chi connectivity index (χ2v) is 6.25. The number of carbonyl (C=O) groups excluding carboxylic acids is 1. The van der Waals surface area contributed by atoms with E-state index in [0.29, 0.717) is 0 Å². The van der Waals surface area contributed by atoms with Gasteiger partial charge in [0.1, 0.15) is 0 Å². The minimum atomic E-state index is -0.705. The van der Waals surface area contributed by atoms with Crippen LogP contribution in [-0.4, -0.2) is 49.3 Å². The van der Waals surface area contributed by atoms with E-state index in [-0.39, 0.29) is 24.3 Å². The Labute approximate surface area is 157 Å². The molecule has 0 bridgehead atoms. The third-order valence-corrected chi connectivity index (χ3v) is 4.40. The van der Waals surface area contributed by atoms with Crippen molar-refractivity contribution in [3.63, 3.8) is 0 Å². The Bertz CT molecular complexity index is 596. The van der Waals surface area contributed by atoms with Gasteiger partial charge in [0.15, 0.2) is 5.60 Å². The van der Waals surface area contributed by atoms with Crippen molar-refractivity contribution < 1.29 is 14.3 Å². The molecule has 138 valence electrons. The summed E-state index contributed by atoms with van der Waals surface area (Å²) in [4.78, 5) is 14.0. The molecule has 25 heavy (non-hydrogen) atoms. The second kappa shape index (κ2) is 10.5. The molecule has 0 aromatic heterocycles. The zero-order valence-corrected chi connectivity index (χ0v) is 16.1. The molecule has 0 unspecified atom stereocenters. The smallest absolute Gasteiger partial charge is 0.304 e. The van der Waals surface area contributed by atoms with Crippen molar-refractivity contribution in [2.75, 3.05) is 32.8 Å². The molecule has 4 nitrogen and oxygen atoms in total. The summed E-state index contributed by atoms with van der Waals surface area (Å²) in [6, 6.07) is 9.82. The summed E-state index contributed by atoms with van der Waals surface area (Å²) in [6.07, 6.45) is 0.722. The van der Waals surface area contributed by atoms with Crippen LogP contribution in [0.2, 0.25) is 0 Å². The van der Waals surface area contributed by atoms with Gasteiger partial charge in [-0.1, -0.05) is 31.0 Å². The van der Waals surface area contributed by atoms with E-state index in [2.05, 4.69) is 23.7 Å². The SMILES string of the molecule is CCOCCN1CC[C@@](C#Cc2ccccc2)(OC(C)=O)[C@@H](C)C1.Cl. The van der Waals surface area contributed by atoms with Gasteiger partial charge in [-0.2, -0.15) is 0 Å². The molecule has 5 heteroatoms. The fourth-order valence-corrected chi connectivity index (χ4v) is 3.06. The lowest BCUT2D eigenvalue weighted by Gasteiger charge is -2.42. The average molecular weight is 366 g/mol. The number of hydrogen-bond donors (Lipinski definition) is 0. The van der Waals surface area contributed by atoms with E-state index >= 15 is 0 Å². The van der Waals surface area contributed by atoms with Crippen molar-refractivity contribution in [2.24, 2.45) is 5.92 Å². The van der Waals surface area contributed by atoms with Crippen LogP contribution in [0.25, 0.3) is 0 Å². The van der Waals surface area contributed by atoms with E-state index in [0.717, 1.165) is 44.8 Å². The summed E-state index contributed by atoms with van der Waals surface area (Å²) >= 11 is 0. The van der Waals surface area contributed by atoms with Gasteiger partial charge in [-0.05, 0) is 25.0 Å². The van der Waals surface area contributed by atoms with E-state index in [1.807, 2.05) is 37.3 Å². The van der Waals surface area contributed by atoms with Gasteiger partial charge in [-0.25, -0.2) is 0 Å². The van der Waals surface area contributed by atoms with E-state index in [1.165, 1.54) is 6.92 Å². The van der Waals surface area contributed by atoms with Crippen molar-refractivity contribution in [1.29, 1.82) is 0 Å². The van der Waals surface area contributed by atoms with Crippen LogP contribution >= 0.6 is 12.4 Å².